The van der Waals surface area contributed by atoms with Gasteiger partial charge in [-0.2, -0.15) is 0 Å². The third-order valence-corrected chi connectivity index (χ3v) is 2.40. The fraction of sp³-hybridized carbons (Fsp3) is 0.867. The lowest BCUT2D eigenvalue weighted by Gasteiger charge is -2.24. The van der Waals surface area contributed by atoms with E-state index in [1.165, 1.54) is 0 Å². The van der Waals surface area contributed by atoms with Crippen LogP contribution in [0.2, 0.25) is 0 Å². The zero-order valence-electron chi connectivity index (χ0n) is 13.1. The summed E-state index contributed by atoms with van der Waals surface area (Å²) in [5, 5.41) is 0. The highest BCUT2D eigenvalue weighted by atomic mass is 16.5. The molecule has 0 saturated carbocycles. The Hall–Kier alpha value is -1.06. The molecular formula is C15H28O4. The summed E-state index contributed by atoms with van der Waals surface area (Å²) in [5.74, 6) is 0.187. The lowest BCUT2D eigenvalue weighted by molar-refractivity contribution is -0.153. The molecule has 0 fully saturated rings. The van der Waals surface area contributed by atoms with Gasteiger partial charge in [-0.3, -0.25) is 9.59 Å². The van der Waals surface area contributed by atoms with Crippen molar-refractivity contribution in [2.75, 3.05) is 13.2 Å². The molecule has 4 heteroatoms. The number of hydrogen-bond acceptors (Lipinski definition) is 4. The molecule has 0 aliphatic heterocycles. The first-order valence-electron chi connectivity index (χ1n) is 6.93. The maximum Gasteiger partial charge on any atom is 0.306 e. The van der Waals surface area contributed by atoms with Crippen LogP contribution in [-0.4, -0.2) is 25.2 Å². The van der Waals surface area contributed by atoms with Gasteiger partial charge in [0.25, 0.3) is 0 Å². The molecule has 0 amide bonds. The summed E-state index contributed by atoms with van der Waals surface area (Å²) in [6, 6.07) is 0. The zero-order valence-corrected chi connectivity index (χ0v) is 13.1. The minimum atomic E-state index is -0.348. The van der Waals surface area contributed by atoms with E-state index >= 15 is 0 Å². The normalized spacial score (nSPS) is 11.8. The second-order valence-electron chi connectivity index (χ2n) is 6.68. The second-order valence-corrected chi connectivity index (χ2v) is 6.68. The standard InChI is InChI=1S/C15H28O4/c1-11(2)7-13(16)18-9-15(5,6)10-19-14(17)8-12(3)4/h11-12H,7-10H2,1-6H3. The van der Waals surface area contributed by atoms with Gasteiger partial charge in [0.05, 0.1) is 13.2 Å². The van der Waals surface area contributed by atoms with E-state index in [1.807, 2.05) is 41.5 Å². The van der Waals surface area contributed by atoms with Crippen molar-refractivity contribution in [1.29, 1.82) is 0 Å². The summed E-state index contributed by atoms with van der Waals surface area (Å²) in [4.78, 5) is 22.9. The molecule has 112 valence electrons. The summed E-state index contributed by atoms with van der Waals surface area (Å²) < 4.78 is 10.4. The molecule has 19 heavy (non-hydrogen) atoms. The van der Waals surface area contributed by atoms with E-state index in [4.69, 9.17) is 9.47 Å². The van der Waals surface area contributed by atoms with E-state index in [0.717, 1.165) is 0 Å². The quantitative estimate of drug-likeness (QED) is 0.637. The van der Waals surface area contributed by atoms with Gasteiger partial charge in [0.15, 0.2) is 0 Å². The van der Waals surface area contributed by atoms with Crippen LogP contribution >= 0.6 is 0 Å². The molecule has 0 radical (unpaired) electrons. The third kappa shape index (κ3) is 10.5. The maximum atomic E-state index is 11.5. The molecule has 0 bridgehead atoms. The van der Waals surface area contributed by atoms with Crippen molar-refractivity contribution in [3.8, 4) is 0 Å². The van der Waals surface area contributed by atoms with Crippen LogP contribution in [0.5, 0.6) is 0 Å². The lowest BCUT2D eigenvalue weighted by Crippen LogP contribution is -2.29. The van der Waals surface area contributed by atoms with Crippen LogP contribution in [0.15, 0.2) is 0 Å². The topological polar surface area (TPSA) is 52.6 Å². The van der Waals surface area contributed by atoms with Crippen molar-refractivity contribution < 1.29 is 19.1 Å². The minimum Gasteiger partial charge on any atom is -0.465 e. The van der Waals surface area contributed by atoms with Crippen LogP contribution in [0.1, 0.15) is 54.4 Å². The molecule has 0 unspecified atom stereocenters. The Morgan fingerprint density at radius 1 is 0.842 bits per heavy atom. The zero-order chi connectivity index (χ0) is 15.1. The van der Waals surface area contributed by atoms with E-state index in [1.54, 1.807) is 0 Å². The van der Waals surface area contributed by atoms with Crippen molar-refractivity contribution in [3.05, 3.63) is 0 Å². The molecule has 0 aromatic carbocycles. The molecule has 0 spiro atoms. The van der Waals surface area contributed by atoms with Gasteiger partial charge < -0.3 is 9.47 Å². The van der Waals surface area contributed by atoms with Crippen LogP contribution in [0, 0.1) is 17.3 Å². The molecule has 0 N–H and O–H groups in total. The fourth-order valence-corrected chi connectivity index (χ4v) is 1.38. The van der Waals surface area contributed by atoms with Gasteiger partial charge in [-0.1, -0.05) is 41.5 Å². The van der Waals surface area contributed by atoms with Crippen molar-refractivity contribution in [3.63, 3.8) is 0 Å². The van der Waals surface area contributed by atoms with Gasteiger partial charge in [-0.25, -0.2) is 0 Å². The molecule has 0 atom stereocenters. The summed E-state index contributed by atoms with van der Waals surface area (Å²) >= 11 is 0. The van der Waals surface area contributed by atoms with E-state index < -0.39 is 0 Å². The first-order valence-corrected chi connectivity index (χ1v) is 6.93. The van der Waals surface area contributed by atoms with Gasteiger partial charge in [0, 0.05) is 18.3 Å². The first kappa shape index (κ1) is 17.9. The van der Waals surface area contributed by atoms with E-state index in [0.29, 0.717) is 24.7 Å². The van der Waals surface area contributed by atoms with Crippen LogP contribution in [0.25, 0.3) is 0 Å². The Bertz CT molecular complexity index is 265. The highest BCUT2D eigenvalue weighted by Gasteiger charge is 2.23. The number of hydrogen-bond donors (Lipinski definition) is 0. The SMILES string of the molecule is CC(C)CC(=O)OCC(C)(C)COC(=O)CC(C)C. The smallest absolute Gasteiger partial charge is 0.306 e. The number of carbonyl (C=O) groups is 2. The largest absolute Gasteiger partial charge is 0.465 e. The lowest BCUT2D eigenvalue weighted by atomic mass is 9.96. The van der Waals surface area contributed by atoms with Crippen molar-refractivity contribution in [2.45, 2.75) is 54.4 Å². The molecule has 0 heterocycles. The Kier molecular flexibility index (Phi) is 7.72. The highest BCUT2D eigenvalue weighted by Crippen LogP contribution is 2.17. The first-order chi connectivity index (χ1) is 8.62. The Morgan fingerprint density at radius 2 is 1.16 bits per heavy atom. The molecule has 0 aromatic heterocycles. The maximum absolute atomic E-state index is 11.5. The van der Waals surface area contributed by atoms with E-state index in [2.05, 4.69) is 0 Å². The van der Waals surface area contributed by atoms with Gasteiger partial charge in [0.2, 0.25) is 0 Å². The molecule has 4 nitrogen and oxygen atoms in total. The fourth-order valence-electron chi connectivity index (χ4n) is 1.38. The second kappa shape index (κ2) is 8.18. The Balaban J connectivity index is 3.98. The number of ether oxygens (including phenoxy) is 2. The van der Waals surface area contributed by atoms with Crippen molar-refractivity contribution >= 4 is 11.9 Å². The number of carbonyl (C=O) groups excluding carboxylic acids is 2. The molecular weight excluding hydrogens is 244 g/mol. The van der Waals surface area contributed by atoms with E-state index in [-0.39, 0.29) is 30.6 Å². The summed E-state index contributed by atoms with van der Waals surface area (Å²) in [6.07, 6.45) is 0.840. The van der Waals surface area contributed by atoms with Crippen LogP contribution in [0.4, 0.5) is 0 Å². The van der Waals surface area contributed by atoms with E-state index in [9.17, 15) is 9.59 Å². The average molecular weight is 272 g/mol. The number of esters is 2. The average Bonchev–Trinajstić information content (AvgIpc) is 2.22. The summed E-state index contributed by atoms with van der Waals surface area (Å²) in [7, 11) is 0. The predicted octanol–water partition coefficient (Wildman–Crippen LogP) is 3.19. The molecule has 0 aromatic rings. The van der Waals surface area contributed by atoms with Crippen LogP contribution in [0.3, 0.4) is 0 Å². The Morgan fingerprint density at radius 3 is 1.42 bits per heavy atom. The summed E-state index contributed by atoms with van der Waals surface area (Å²) in [6.45, 7) is 12.3. The predicted molar refractivity (Wildman–Crippen MR) is 74.6 cm³/mol. The molecule has 0 saturated heterocycles. The molecule has 0 rings (SSSR count). The Labute approximate surface area is 116 Å². The van der Waals surface area contributed by atoms with Gasteiger partial charge >= 0.3 is 11.9 Å². The van der Waals surface area contributed by atoms with Crippen LogP contribution < -0.4 is 0 Å². The molecule has 0 aliphatic rings. The van der Waals surface area contributed by atoms with Gasteiger partial charge in [-0.05, 0) is 11.8 Å². The van der Waals surface area contributed by atoms with Crippen molar-refractivity contribution in [1.82, 2.24) is 0 Å². The monoisotopic (exact) mass is 272 g/mol. The van der Waals surface area contributed by atoms with Crippen LogP contribution in [-0.2, 0) is 19.1 Å². The van der Waals surface area contributed by atoms with Crippen molar-refractivity contribution in [2.24, 2.45) is 17.3 Å². The molecule has 0 aliphatic carbocycles. The summed E-state index contributed by atoms with van der Waals surface area (Å²) in [5.41, 5.74) is -0.348. The van der Waals surface area contributed by atoms with Gasteiger partial charge in [-0.15, -0.1) is 0 Å². The number of rotatable bonds is 8. The third-order valence-electron chi connectivity index (χ3n) is 2.40. The highest BCUT2D eigenvalue weighted by molar-refractivity contribution is 5.70. The minimum absolute atomic E-state index is 0.198. The van der Waals surface area contributed by atoms with Gasteiger partial charge in [0.1, 0.15) is 0 Å².